The van der Waals surface area contributed by atoms with E-state index in [1.807, 2.05) is 24.5 Å². The number of pyridine rings is 1. The molecule has 4 nitrogen and oxygen atoms in total. The summed E-state index contributed by atoms with van der Waals surface area (Å²) in [6, 6.07) is 12.8. The number of benzene rings is 1. The Kier molecular flexibility index (Phi) is 5.96. The number of nitrogens with one attached hydrogen (secondary N) is 1. The lowest BCUT2D eigenvalue weighted by Gasteiger charge is -2.33. The molecule has 1 aromatic heterocycles. The van der Waals surface area contributed by atoms with Crippen molar-refractivity contribution in [1.82, 2.24) is 15.2 Å². The summed E-state index contributed by atoms with van der Waals surface area (Å²) in [6.45, 7) is 5.88. The van der Waals surface area contributed by atoms with Crippen LogP contribution in [0, 0.1) is 6.92 Å². The Morgan fingerprint density at radius 2 is 1.96 bits per heavy atom. The number of hydrogen-bond donors (Lipinski definition) is 2. The molecule has 1 aliphatic rings. The second-order valence-electron chi connectivity index (χ2n) is 6.74. The molecule has 1 saturated heterocycles. The van der Waals surface area contributed by atoms with Gasteiger partial charge in [-0.25, -0.2) is 0 Å². The highest BCUT2D eigenvalue weighted by Crippen LogP contribution is 2.16. The van der Waals surface area contributed by atoms with Gasteiger partial charge < -0.3 is 10.4 Å². The molecule has 1 aliphatic heterocycles. The lowest BCUT2D eigenvalue weighted by molar-refractivity contribution is 0.149. The number of hydrogen-bond acceptors (Lipinski definition) is 4. The van der Waals surface area contributed by atoms with Gasteiger partial charge in [-0.3, -0.25) is 9.88 Å². The van der Waals surface area contributed by atoms with Gasteiger partial charge in [-0.15, -0.1) is 0 Å². The van der Waals surface area contributed by atoms with Crippen molar-refractivity contribution < 1.29 is 5.11 Å². The van der Waals surface area contributed by atoms with Gasteiger partial charge in [-0.05, 0) is 56.1 Å². The number of aryl methyl sites for hydroxylation is 1. The molecule has 2 N–H and O–H groups in total. The van der Waals surface area contributed by atoms with Gasteiger partial charge in [0.05, 0.1) is 6.10 Å². The summed E-state index contributed by atoms with van der Waals surface area (Å²) in [6.07, 6.45) is 5.55. The molecule has 3 rings (SSSR count). The Morgan fingerprint density at radius 3 is 2.67 bits per heavy atom. The Morgan fingerprint density at radius 1 is 1.21 bits per heavy atom. The molecule has 128 valence electrons. The van der Waals surface area contributed by atoms with Crippen molar-refractivity contribution in [3.8, 4) is 0 Å². The topological polar surface area (TPSA) is 48.4 Å². The molecule has 0 spiro atoms. The third-order valence-corrected chi connectivity index (χ3v) is 4.77. The highest BCUT2D eigenvalue weighted by molar-refractivity contribution is 5.24. The molecular weight excluding hydrogens is 298 g/mol. The average Bonchev–Trinajstić information content (AvgIpc) is 2.62. The van der Waals surface area contributed by atoms with Crippen LogP contribution >= 0.6 is 0 Å². The third-order valence-electron chi connectivity index (χ3n) is 4.77. The number of likely N-dealkylation sites (tertiary alicyclic amines) is 1. The van der Waals surface area contributed by atoms with Crippen molar-refractivity contribution >= 4 is 0 Å². The van der Waals surface area contributed by atoms with Crippen LogP contribution in [0.2, 0.25) is 0 Å². The Hall–Kier alpha value is -1.75. The van der Waals surface area contributed by atoms with Crippen LogP contribution in [0.15, 0.2) is 48.8 Å². The van der Waals surface area contributed by atoms with E-state index in [-0.39, 0.29) is 0 Å². The molecule has 0 bridgehead atoms. The first-order valence-electron chi connectivity index (χ1n) is 8.80. The fraction of sp³-hybridized carbons (Fsp3) is 0.450. The minimum atomic E-state index is -0.431. The minimum Gasteiger partial charge on any atom is -0.387 e. The van der Waals surface area contributed by atoms with Gasteiger partial charge in [0.25, 0.3) is 0 Å². The highest BCUT2D eigenvalue weighted by Gasteiger charge is 2.20. The fourth-order valence-electron chi connectivity index (χ4n) is 3.32. The molecule has 2 aromatic rings. The highest BCUT2D eigenvalue weighted by atomic mass is 16.3. The van der Waals surface area contributed by atoms with Crippen LogP contribution in [0.25, 0.3) is 0 Å². The number of piperidine rings is 1. The SMILES string of the molecule is Cc1cccc([C@H](O)CNC2CCN(Cc3ccncc3)CC2)c1. The molecule has 1 atom stereocenters. The predicted molar refractivity (Wildman–Crippen MR) is 96.7 cm³/mol. The van der Waals surface area contributed by atoms with E-state index < -0.39 is 6.10 Å². The van der Waals surface area contributed by atoms with Crippen LogP contribution in [0.3, 0.4) is 0 Å². The summed E-state index contributed by atoms with van der Waals surface area (Å²) in [4.78, 5) is 6.56. The summed E-state index contributed by atoms with van der Waals surface area (Å²) in [5.74, 6) is 0. The maximum atomic E-state index is 10.3. The predicted octanol–water partition coefficient (Wildman–Crippen LogP) is 2.68. The van der Waals surface area contributed by atoms with Gasteiger partial charge in [0.1, 0.15) is 0 Å². The van der Waals surface area contributed by atoms with Crippen LogP contribution in [0.1, 0.15) is 35.6 Å². The molecule has 1 fully saturated rings. The van der Waals surface area contributed by atoms with Crippen LogP contribution < -0.4 is 5.32 Å². The second kappa shape index (κ2) is 8.38. The van der Waals surface area contributed by atoms with Crippen LogP contribution in [0.5, 0.6) is 0 Å². The fourth-order valence-corrected chi connectivity index (χ4v) is 3.32. The molecule has 0 saturated carbocycles. The van der Waals surface area contributed by atoms with Gasteiger partial charge in [-0.2, -0.15) is 0 Å². The van der Waals surface area contributed by atoms with E-state index in [9.17, 15) is 5.11 Å². The van der Waals surface area contributed by atoms with Crippen LogP contribution in [-0.2, 0) is 6.54 Å². The van der Waals surface area contributed by atoms with Gasteiger partial charge >= 0.3 is 0 Å². The summed E-state index contributed by atoms with van der Waals surface area (Å²) in [7, 11) is 0. The maximum Gasteiger partial charge on any atom is 0.0914 e. The molecule has 1 aromatic carbocycles. The van der Waals surface area contributed by atoms with E-state index >= 15 is 0 Å². The minimum absolute atomic E-state index is 0.431. The van der Waals surface area contributed by atoms with Crippen molar-refractivity contribution in [3.63, 3.8) is 0 Å². The van der Waals surface area contributed by atoms with E-state index in [1.165, 1.54) is 11.1 Å². The molecule has 0 amide bonds. The zero-order chi connectivity index (χ0) is 16.8. The van der Waals surface area contributed by atoms with Gasteiger partial charge in [0, 0.05) is 31.5 Å². The van der Waals surface area contributed by atoms with E-state index in [0.717, 1.165) is 38.0 Å². The molecule has 2 heterocycles. The van der Waals surface area contributed by atoms with E-state index in [1.54, 1.807) is 0 Å². The number of aliphatic hydroxyl groups excluding tert-OH is 1. The van der Waals surface area contributed by atoms with E-state index in [0.29, 0.717) is 12.6 Å². The zero-order valence-corrected chi connectivity index (χ0v) is 14.4. The quantitative estimate of drug-likeness (QED) is 0.857. The Bertz CT molecular complexity index is 624. The number of aromatic nitrogens is 1. The second-order valence-corrected chi connectivity index (χ2v) is 6.74. The van der Waals surface area contributed by atoms with Crippen molar-refractivity contribution in [2.24, 2.45) is 0 Å². The van der Waals surface area contributed by atoms with Crippen LogP contribution in [0.4, 0.5) is 0 Å². The normalized spacial score (nSPS) is 17.8. The first-order valence-corrected chi connectivity index (χ1v) is 8.80. The van der Waals surface area contributed by atoms with Gasteiger partial charge in [0.2, 0.25) is 0 Å². The summed E-state index contributed by atoms with van der Waals surface area (Å²) in [5, 5.41) is 13.9. The van der Waals surface area contributed by atoms with Crippen molar-refractivity contribution in [2.45, 2.75) is 38.5 Å². The Labute approximate surface area is 144 Å². The van der Waals surface area contributed by atoms with Crippen molar-refractivity contribution in [2.75, 3.05) is 19.6 Å². The number of nitrogens with zero attached hydrogens (tertiary/aromatic N) is 2. The molecule has 0 radical (unpaired) electrons. The molecule has 24 heavy (non-hydrogen) atoms. The first-order chi connectivity index (χ1) is 11.7. The monoisotopic (exact) mass is 325 g/mol. The molecule has 0 aliphatic carbocycles. The lowest BCUT2D eigenvalue weighted by Crippen LogP contribution is -2.43. The number of rotatable bonds is 6. The van der Waals surface area contributed by atoms with Crippen molar-refractivity contribution in [3.05, 3.63) is 65.5 Å². The number of aliphatic hydroxyl groups is 1. The maximum absolute atomic E-state index is 10.3. The summed E-state index contributed by atoms with van der Waals surface area (Å²) >= 11 is 0. The zero-order valence-electron chi connectivity index (χ0n) is 14.4. The van der Waals surface area contributed by atoms with E-state index in [2.05, 4.69) is 46.4 Å². The summed E-state index contributed by atoms with van der Waals surface area (Å²) in [5.41, 5.74) is 3.51. The average molecular weight is 325 g/mol. The standard InChI is InChI=1S/C20H27N3O/c1-16-3-2-4-18(13-16)20(24)14-22-19-7-11-23(12-8-19)15-17-5-9-21-10-6-17/h2-6,9-10,13,19-20,22,24H,7-8,11-12,14-15H2,1H3/t20-/m1/s1. The lowest BCUT2D eigenvalue weighted by atomic mass is 10.0. The van der Waals surface area contributed by atoms with Gasteiger partial charge in [-0.1, -0.05) is 29.8 Å². The first kappa shape index (κ1) is 17.1. The molecular formula is C20H27N3O. The molecule has 0 unspecified atom stereocenters. The molecule has 4 heteroatoms. The van der Waals surface area contributed by atoms with Gasteiger partial charge in [0.15, 0.2) is 0 Å². The Balaban J connectivity index is 1.41. The van der Waals surface area contributed by atoms with Crippen molar-refractivity contribution in [1.29, 1.82) is 0 Å². The van der Waals surface area contributed by atoms with Crippen LogP contribution in [-0.4, -0.2) is 40.7 Å². The third kappa shape index (κ3) is 4.87. The smallest absolute Gasteiger partial charge is 0.0914 e. The largest absolute Gasteiger partial charge is 0.387 e. The van der Waals surface area contributed by atoms with E-state index in [4.69, 9.17) is 0 Å². The summed E-state index contributed by atoms with van der Waals surface area (Å²) < 4.78 is 0.